The van der Waals surface area contributed by atoms with Gasteiger partial charge in [-0.1, -0.05) is 0 Å². The molecule has 0 fully saturated rings. The molecule has 1 heterocycles. The van der Waals surface area contributed by atoms with Gasteiger partial charge in [-0.05, 0) is 6.07 Å². The Bertz CT molecular complexity index is 445. The largest absolute Gasteiger partial charge is 0.504 e. The third-order valence-electron chi connectivity index (χ3n) is 1.66. The molecule has 2 aromatic rings. The zero-order valence-corrected chi connectivity index (χ0v) is 6.39. The third kappa shape index (κ3) is 1.15. The Morgan fingerprint density at radius 1 is 1.15 bits per heavy atom. The molecule has 0 spiro atoms. The molecule has 1 aromatic carbocycles. The van der Waals surface area contributed by atoms with Gasteiger partial charge in [-0.2, -0.15) is 0 Å². The highest BCUT2D eigenvalue weighted by Crippen LogP contribution is 2.34. The summed E-state index contributed by atoms with van der Waals surface area (Å²) in [5.74, 6) is -0.437. The van der Waals surface area contributed by atoms with Crippen LogP contribution >= 0.6 is 0 Å². The molecule has 1 aromatic heterocycles. The maximum atomic E-state index is 9.30. The summed E-state index contributed by atoms with van der Waals surface area (Å²) in [6.07, 6.45) is 0. The smallest absolute Gasteiger partial charge is 0.283 e. The van der Waals surface area contributed by atoms with E-state index in [2.05, 4.69) is 4.89 Å². The molecule has 13 heavy (non-hydrogen) atoms. The molecule has 68 valence electrons. The molecule has 5 heteroatoms. The Morgan fingerprint density at radius 3 is 2.62 bits per heavy atom. The van der Waals surface area contributed by atoms with E-state index < -0.39 is 0 Å². The van der Waals surface area contributed by atoms with Gasteiger partial charge in [-0.3, -0.25) is 0 Å². The summed E-state index contributed by atoms with van der Waals surface area (Å²) >= 11 is 0. The molecular formula is C8H6O5. The minimum absolute atomic E-state index is 0.0748. The Hall–Kier alpha value is -1.88. The van der Waals surface area contributed by atoms with E-state index in [9.17, 15) is 5.11 Å². The molecule has 3 N–H and O–H groups in total. The second kappa shape index (κ2) is 2.56. The van der Waals surface area contributed by atoms with E-state index in [1.165, 1.54) is 18.2 Å². The van der Waals surface area contributed by atoms with E-state index in [1.807, 2.05) is 0 Å². The first-order valence-corrected chi connectivity index (χ1v) is 3.47. The SMILES string of the molecule is OOc1cc(O)c2oc(O)cc2c1. The quantitative estimate of drug-likeness (QED) is 0.461. The first kappa shape index (κ1) is 7.75. The van der Waals surface area contributed by atoms with Crippen molar-refractivity contribution in [1.29, 1.82) is 0 Å². The highest BCUT2D eigenvalue weighted by molar-refractivity contribution is 5.85. The van der Waals surface area contributed by atoms with Gasteiger partial charge in [0.1, 0.15) is 0 Å². The fourth-order valence-electron chi connectivity index (χ4n) is 1.15. The van der Waals surface area contributed by atoms with Gasteiger partial charge in [0.05, 0.1) is 0 Å². The Balaban J connectivity index is 2.75. The summed E-state index contributed by atoms with van der Waals surface area (Å²) in [6.45, 7) is 0. The number of rotatable bonds is 1. The number of hydrogen-bond acceptors (Lipinski definition) is 5. The summed E-state index contributed by atoms with van der Waals surface area (Å²) in [4.78, 5) is 3.93. The van der Waals surface area contributed by atoms with E-state index in [1.54, 1.807) is 0 Å². The van der Waals surface area contributed by atoms with Crippen LogP contribution in [0.25, 0.3) is 11.0 Å². The predicted molar refractivity (Wildman–Crippen MR) is 42.8 cm³/mol. The number of aromatic hydroxyl groups is 2. The van der Waals surface area contributed by atoms with Gasteiger partial charge in [0.25, 0.3) is 5.95 Å². The van der Waals surface area contributed by atoms with Gasteiger partial charge in [0.2, 0.25) is 0 Å². The summed E-state index contributed by atoms with van der Waals surface area (Å²) < 4.78 is 4.77. The van der Waals surface area contributed by atoms with Gasteiger partial charge in [-0.25, -0.2) is 5.26 Å². The van der Waals surface area contributed by atoms with Crippen LogP contribution in [0.1, 0.15) is 0 Å². The topological polar surface area (TPSA) is 83.1 Å². The van der Waals surface area contributed by atoms with Gasteiger partial charge in [0.15, 0.2) is 17.1 Å². The first-order valence-electron chi connectivity index (χ1n) is 3.47. The van der Waals surface area contributed by atoms with Crippen LogP contribution in [-0.2, 0) is 0 Å². The van der Waals surface area contributed by atoms with Crippen molar-refractivity contribution in [2.24, 2.45) is 0 Å². The summed E-state index contributed by atoms with van der Waals surface area (Å²) in [5, 5.41) is 27.0. The van der Waals surface area contributed by atoms with Gasteiger partial charge < -0.3 is 19.5 Å². The molecule has 0 radical (unpaired) electrons. The van der Waals surface area contributed by atoms with Gasteiger partial charge in [-0.15, -0.1) is 0 Å². The lowest BCUT2D eigenvalue weighted by molar-refractivity contribution is -0.137. The van der Waals surface area contributed by atoms with Crippen molar-refractivity contribution in [3.05, 3.63) is 18.2 Å². The Kier molecular flexibility index (Phi) is 1.53. The van der Waals surface area contributed by atoms with Gasteiger partial charge >= 0.3 is 0 Å². The van der Waals surface area contributed by atoms with Crippen molar-refractivity contribution >= 4 is 11.0 Å². The lowest BCUT2D eigenvalue weighted by atomic mass is 10.2. The van der Waals surface area contributed by atoms with E-state index in [0.29, 0.717) is 5.39 Å². The third-order valence-corrected chi connectivity index (χ3v) is 1.66. The van der Waals surface area contributed by atoms with Crippen LogP contribution in [0.5, 0.6) is 17.4 Å². The van der Waals surface area contributed by atoms with Crippen LogP contribution in [0.2, 0.25) is 0 Å². The molecule has 0 atom stereocenters. The highest BCUT2D eigenvalue weighted by atomic mass is 17.1. The van der Waals surface area contributed by atoms with Crippen LogP contribution in [0.4, 0.5) is 0 Å². The van der Waals surface area contributed by atoms with E-state index in [0.717, 1.165) is 0 Å². The number of fused-ring (bicyclic) bond motifs is 1. The summed E-state index contributed by atoms with van der Waals surface area (Å²) in [7, 11) is 0. The molecular weight excluding hydrogens is 176 g/mol. The van der Waals surface area contributed by atoms with Crippen molar-refractivity contribution < 1.29 is 24.8 Å². The van der Waals surface area contributed by atoms with Crippen LogP contribution in [0.3, 0.4) is 0 Å². The molecule has 0 unspecified atom stereocenters. The van der Waals surface area contributed by atoms with Crippen LogP contribution in [0.15, 0.2) is 22.6 Å². The molecule has 0 aliphatic heterocycles. The number of benzene rings is 1. The highest BCUT2D eigenvalue weighted by Gasteiger charge is 2.09. The maximum Gasteiger partial charge on any atom is 0.283 e. The number of furan rings is 1. The van der Waals surface area contributed by atoms with E-state index in [4.69, 9.17) is 14.8 Å². The van der Waals surface area contributed by atoms with Crippen LogP contribution < -0.4 is 4.89 Å². The summed E-state index contributed by atoms with van der Waals surface area (Å²) in [6, 6.07) is 3.89. The predicted octanol–water partition coefficient (Wildman–Crippen LogP) is 1.70. The standard InChI is InChI=1S/C8H6O5/c9-6-3-5(13-11)1-4-2-7(10)12-8(4)6/h1-3,9-11H. The average Bonchev–Trinajstić information content (AvgIpc) is 2.46. The zero-order chi connectivity index (χ0) is 9.42. The average molecular weight is 182 g/mol. The minimum Gasteiger partial charge on any atom is -0.504 e. The molecule has 2 rings (SSSR count). The molecule has 0 saturated carbocycles. The number of phenols is 1. The molecule has 0 aliphatic carbocycles. The van der Waals surface area contributed by atoms with Crippen molar-refractivity contribution in [1.82, 2.24) is 0 Å². The van der Waals surface area contributed by atoms with Crippen molar-refractivity contribution in [3.8, 4) is 17.4 Å². The lowest BCUT2D eigenvalue weighted by Crippen LogP contribution is -1.82. The first-order chi connectivity index (χ1) is 6.20. The maximum absolute atomic E-state index is 9.30. The van der Waals surface area contributed by atoms with Crippen LogP contribution in [-0.4, -0.2) is 15.5 Å². The van der Waals surface area contributed by atoms with Crippen molar-refractivity contribution in [2.75, 3.05) is 0 Å². The van der Waals surface area contributed by atoms with E-state index >= 15 is 0 Å². The van der Waals surface area contributed by atoms with Crippen LogP contribution in [0, 0.1) is 0 Å². The molecule has 0 bridgehead atoms. The Labute approximate surface area is 72.3 Å². The van der Waals surface area contributed by atoms with E-state index in [-0.39, 0.29) is 23.0 Å². The molecule has 5 nitrogen and oxygen atoms in total. The normalized spacial score (nSPS) is 10.5. The lowest BCUT2D eigenvalue weighted by Gasteiger charge is -1.97. The minimum atomic E-state index is -0.305. The second-order valence-corrected chi connectivity index (χ2v) is 2.54. The number of phenolic OH excluding ortho intramolecular Hbond substituents is 1. The molecule has 0 saturated heterocycles. The van der Waals surface area contributed by atoms with Gasteiger partial charge in [0, 0.05) is 17.5 Å². The second-order valence-electron chi connectivity index (χ2n) is 2.54. The monoisotopic (exact) mass is 182 g/mol. The number of hydrogen-bond donors (Lipinski definition) is 3. The zero-order valence-electron chi connectivity index (χ0n) is 6.39. The molecule has 0 aliphatic rings. The fraction of sp³-hybridized carbons (Fsp3) is 0. The van der Waals surface area contributed by atoms with Crippen molar-refractivity contribution in [3.63, 3.8) is 0 Å². The summed E-state index contributed by atoms with van der Waals surface area (Å²) in [5.41, 5.74) is 0.151. The van der Waals surface area contributed by atoms with Crippen molar-refractivity contribution in [2.45, 2.75) is 0 Å². The Morgan fingerprint density at radius 2 is 1.92 bits per heavy atom. The molecule has 0 amide bonds. The fourth-order valence-corrected chi connectivity index (χ4v) is 1.15.